The molecule has 0 rings (SSSR count). The van der Waals surface area contributed by atoms with Crippen LogP contribution in [0.5, 0.6) is 0 Å². The molecule has 3 nitrogen and oxygen atoms in total. The lowest BCUT2D eigenvalue weighted by molar-refractivity contribution is -0.125. The lowest BCUT2D eigenvalue weighted by atomic mass is 9.97. The van der Waals surface area contributed by atoms with Crippen LogP contribution in [-0.2, 0) is 4.79 Å². The fourth-order valence-corrected chi connectivity index (χ4v) is 1.07. The van der Waals surface area contributed by atoms with Gasteiger partial charge >= 0.3 is 0 Å². The molecule has 0 radical (unpaired) electrons. The number of nitrogens with zero attached hydrogens (tertiary/aromatic N) is 1. The van der Waals surface area contributed by atoms with Crippen molar-refractivity contribution in [2.75, 3.05) is 27.2 Å². The van der Waals surface area contributed by atoms with Gasteiger partial charge in [0.15, 0.2) is 0 Å². The van der Waals surface area contributed by atoms with Gasteiger partial charge in [-0.2, -0.15) is 0 Å². The molecule has 0 aliphatic heterocycles. The Morgan fingerprint density at radius 2 is 1.86 bits per heavy atom. The minimum Gasteiger partial charge on any atom is -0.356 e. The van der Waals surface area contributed by atoms with Gasteiger partial charge in [0.25, 0.3) is 0 Å². The molecular formula is C11H24N2O. The zero-order valence-electron chi connectivity index (χ0n) is 10.1. The summed E-state index contributed by atoms with van der Waals surface area (Å²) in [7, 11) is 4.08. The molecule has 14 heavy (non-hydrogen) atoms. The maximum absolute atomic E-state index is 11.5. The van der Waals surface area contributed by atoms with E-state index in [1.165, 1.54) is 0 Å². The topological polar surface area (TPSA) is 32.3 Å². The Morgan fingerprint density at radius 3 is 2.29 bits per heavy atom. The SMILES string of the molecule is CC(C)[C@@H](C)C(=O)NCCCN(C)C. The lowest BCUT2D eigenvalue weighted by Crippen LogP contribution is -2.33. The third-order valence-electron chi connectivity index (χ3n) is 2.49. The molecule has 1 N–H and O–H groups in total. The van der Waals surface area contributed by atoms with Gasteiger partial charge in [0.05, 0.1) is 0 Å². The van der Waals surface area contributed by atoms with Crippen LogP contribution >= 0.6 is 0 Å². The van der Waals surface area contributed by atoms with Gasteiger partial charge in [-0.25, -0.2) is 0 Å². The fourth-order valence-electron chi connectivity index (χ4n) is 1.07. The zero-order chi connectivity index (χ0) is 11.1. The highest BCUT2D eigenvalue weighted by Gasteiger charge is 2.15. The normalized spacial score (nSPS) is 13.4. The maximum Gasteiger partial charge on any atom is 0.223 e. The minimum atomic E-state index is 0.120. The molecule has 0 aromatic heterocycles. The average molecular weight is 200 g/mol. The van der Waals surface area contributed by atoms with E-state index < -0.39 is 0 Å². The number of hydrogen-bond donors (Lipinski definition) is 1. The number of carbonyl (C=O) groups is 1. The van der Waals surface area contributed by atoms with E-state index in [1.807, 2.05) is 21.0 Å². The maximum atomic E-state index is 11.5. The summed E-state index contributed by atoms with van der Waals surface area (Å²) in [4.78, 5) is 13.6. The van der Waals surface area contributed by atoms with Gasteiger partial charge in [-0.05, 0) is 33.0 Å². The van der Waals surface area contributed by atoms with Crippen LogP contribution in [0.3, 0.4) is 0 Å². The molecule has 0 saturated heterocycles. The van der Waals surface area contributed by atoms with Crippen molar-refractivity contribution in [2.45, 2.75) is 27.2 Å². The molecule has 84 valence electrons. The third kappa shape index (κ3) is 5.97. The number of rotatable bonds is 6. The van der Waals surface area contributed by atoms with E-state index in [0.717, 1.165) is 19.5 Å². The van der Waals surface area contributed by atoms with Crippen molar-refractivity contribution < 1.29 is 4.79 Å². The van der Waals surface area contributed by atoms with Crippen LogP contribution in [0, 0.1) is 11.8 Å². The zero-order valence-corrected chi connectivity index (χ0v) is 10.1. The molecule has 0 saturated carbocycles. The van der Waals surface area contributed by atoms with Crippen molar-refractivity contribution in [1.29, 1.82) is 0 Å². The molecule has 0 bridgehead atoms. The Kier molecular flexibility index (Phi) is 6.54. The summed E-state index contributed by atoms with van der Waals surface area (Å²) in [6, 6.07) is 0. The Balaban J connectivity index is 3.54. The molecular weight excluding hydrogens is 176 g/mol. The molecule has 1 atom stereocenters. The third-order valence-corrected chi connectivity index (χ3v) is 2.49. The van der Waals surface area contributed by atoms with Gasteiger partial charge in [-0.1, -0.05) is 20.8 Å². The summed E-state index contributed by atoms with van der Waals surface area (Å²) in [5.74, 6) is 0.719. The Morgan fingerprint density at radius 1 is 1.29 bits per heavy atom. The average Bonchev–Trinajstić information content (AvgIpc) is 2.10. The van der Waals surface area contributed by atoms with E-state index in [9.17, 15) is 4.79 Å². The van der Waals surface area contributed by atoms with Gasteiger partial charge < -0.3 is 10.2 Å². The van der Waals surface area contributed by atoms with Gasteiger partial charge in [-0.3, -0.25) is 4.79 Å². The summed E-state index contributed by atoms with van der Waals surface area (Å²) in [5.41, 5.74) is 0. The first-order valence-corrected chi connectivity index (χ1v) is 5.37. The van der Waals surface area contributed by atoms with Crippen molar-refractivity contribution >= 4 is 5.91 Å². The first kappa shape index (κ1) is 13.4. The Labute approximate surface area is 87.9 Å². The second-order valence-electron chi connectivity index (χ2n) is 4.48. The van der Waals surface area contributed by atoms with Crippen molar-refractivity contribution in [1.82, 2.24) is 10.2 Å². The van der Waals surface area contributed by atoms with E-state index in [2.05, 4.69) is 24.1 Å². The molecule has 0 aliphatic rings. The van der Waals surface area contributed by atoms with Crippen LogP contribution in [0.25, 0.3) is 0 Å². The predicted octanol–water partition coefficient (Wildman–Crippen LogP) is 1.35. The van der Waals surface area contributed by atoms with Crippen LogP contribution in [0.15, 0.2) is 0 Å². The highest BCUT2D eigenvalue weighted by Crippen LogP contribution is 2.08. The van der Waals surface area contributed by atoms with Gasteiger partial charge in [0, 0.05) is 12.5 Å². The quantitative estimate of drug-likeness (QED) is 0.656. The largest absolute Gasteiger partial charge is 0.356 e. The summed E-state index contributed by atoms with van der Waals surface area (Å²) in [6.07, 6.45) is 1.02. The highest BCUT2D eigenvalue weighted by atomic mass is 16.1. The van der Waals surface area contributed by atoms with E-state index >= 15 is 0 Å². The molecule has 0 unspecified atom stereocenters. The number of amides is 1. The second kappa shape index (κ2) is 6.82. The van der Waals surface area contributed by atoms with E-state index in [0.29, 0.717) is 5.92 Å². The highest BCUT2D eigenvalue weighted by molar-refractivity contribution is 5.78. The monoisotopic (exact) mass is 200 g/mol. The summed E-state index contributed by atoms with van der Waals surface area (Å²) < 4.78 is 0. The predicted molar refractivity (Wildman–Crippen MR) is 60.2 cm³/mol. The molecule has 0 aromatic rings. The van der Waals surface area contributed by atoms with Crippen LogP contribution in [0.4, 0.5) is 0 Å². The minimum absolute atomic E-state index is 0.120. The van der Waals surface area contributed by atoms with Crippen molar-refractivity contribution in [3.63, 3.8) is 0 Å². The van der Waals surface area contributed by atoms with Crippen LogP contribution in [0.1, 0.15) is 27.2 Å². The first-order valence-electron chi connectivity index (χ1n) is 5.37. The molecule has 3 heteroatoms. The smallest absolute Gasteiger partial charge is 0.223 e. The summed E-state index contributed by atoms with van der Waals surface area (Å²) in [6.45, 7) is 7.94. The molecule has 0 fully saturated rings. The van der Waals surface area contributed by atoms with E-state index in [-0.39, 0.29) is 11.8 Å². The van der Waals surface area contributed by atoms with Crippen molar-refractivity contribution in [3.8, 4) is 0 Å². The summed E-state index contributed by atoms with van der Waals surface area (Å²) >= 11 is 0. The number of nitrogens with one attached hydrogen (secondary N) is 1. The Bertz CT molecular complexity index is 167. The lowest BCUT2D eigenvalue weighted by Gasteiger charge is -2.16. The van der Waals surface area contributed by atoms with Crippen molar-refractivity contribution in [2.24, 2.45) is 11.8 Å². The Hall–Kier alpha value is -0.570. The molecule has 1 amide bonds. The van der Waals surface area contributed by atoms with Gasteiger partial charge in [0.1, 0.15) is 0 Å². The fraction of sp³-hybridized carbons (Fsp3) is 0.909. The molecule has 0 aliphatic carbocycles. The first-order chi connectivity index (χ1) is 6.45. The second-order valence-corrected chi connectivity index (χ2v) is 4.48. The van der Waals surface area contributed by atoms with E-state index in [1.54, 1.807) is 0 Å². The van der Waals surface area contributed by atoms with E-state index in [4.69, 9.17) is 0 Å². The van der Waals surface area contributed by atoms with Crippen LogP contribution in [0.2, 0.25) is 0 Å². The van der Waals surface area contributed by atoms with Crippen LogP contribution < -0.4 is 5.32 Å². The van der Waals surface area contributed by atoms with Crippen molar-refractivity contribution in [3.05, 3.63) is 0 Å². The van der Waals surface area contributed by atoms with Gasteiger partial charge in [-0.15, -0.1) is 0 Å². The number of carbonyl (C=O) groups excluding carboxylic acids is 1. The number of hydrogen-bond acceptors (Lipinski definition) is 2. The molecule has 0 heterocycles. The van der Waals surface area contributed by atoms with Gasteiger partial charge in [0.2, 0.25) is 5.91 Å². The standard InChI is InChI=1S/C11H24N2O/c1-9(2)10(3)11(14)12-7-6-8-13(4)5/h9-10H,6-8H2,1-5H3,(H,12,14)/t10-/m1/s1. The van der Waals surface area contributed by atoms with Crippen LogP contribution in [-0.4, -0.2) is 38.0 Å². The molecule has 0 aromatic carbocycles. The summed E-state index contributed by atoms with van der Waals surface area (Å²) in [5, 5.41) is 2.95. The molecule has 0 spiro atoms.